The van der Waals surface area contributed by atoms with Gasteiger partial charge in [-0.25, -0.2) is 4.58 Å². The summed E-state index contributed by atoms with van der Waals surface area (Å²) in [6, 6.07) is 0. The number of hydrogen-bond donors (Lipinski definition) is 3. The maximum atomic E-state index is 8.83. The molecule has 1 rings (SSSR count). The molecular formula is C11H25ClNO4+. The van der Waals surface area contributed by atoms with E-state index in [9.17, 15) is 0 Å². The normalized spacial score (nSPS) is 25.7. The van der Waals surface area contributed by atoms with Crippen LogP contribution in [-0.2, 0) is 0 Å². The van der Waals surface area contributed by atoms with Gasteiger partial charge in [0.25, 0.3) is 0 Å². The summed E-state index contributed by atoms with van der Waals surface area (Å²) in [6.07, 6.45) is 6.46. The van der Waals surface area contributed by atoms with Crippen molar-refractivity contribution in [2.45, 2.75) is 40.0 Å². The molecule has 0 aliphatic carbocycles. The zero-order valence-corrected chi connectivity index (χ0v) is 11.6. The first kappa shape index (κ1) is 16.8. The SMILES string of the molecule is CCCC[N+]1=CC(C)CC(C)C1.[O-][Cl+](O)(O)O. The third kappa shape index (κ3) is 12.1. The number of halogens is 1. The minimum atomic E-state index is -4.19. The van der Waals surface area contributed by atoms with Crippen molar-refractivity contribution < 1.29 is 33.5 Å². The fraction of sp³-hybridized carbons (Fsp3) is 0.909. The third-order valence-corrected chi connectivity index (χ3v) is 2.58. The van der Waals surface area contributed by atoms with Gasteiger partial charge in [0, 0.05) is 18.3 Å². The molecule has 5 nitrogen and oxygen atoms in total. The predicted molar refractivity (Wildman–Crippen MR) is 60.6 cm³/mol. The van der Waals surface area contributed by atoms with Crippen LogP contribution < -0.4 is 4.66 Å². The fourth-order valence-corrected chi connectivity index (χ4v) is 2.12. The van der Waals surface area contributed by atoms with Crippen molar-refractivity contribution in [2.75, 3.05) is 13.1 Å². The summed E-state index contributed by atoms with van der Waals surface area (Å²) in [5.74, 6) is 1.69. The van der Waals surface area contributed by atoms with E-state index in [4.69, 9.17) is 18.6 Å². The summed E-state index contributed by atoms with van der Waals surface area (Å²) in [5.41, 5.74) is 0. The van der Waals surface area contributed by atoms with Gasteiger partial charge in [0.05, 0.1) is 0 Å². The second kappa shape index (κ2) is 8.00. The van der Waals surface area contributed by atoms with E-state index in [1.54, 1.807) is 0 Å². The molecule has 0 saturated heterocycles. The Hall–Kier alpha value is -0.200. The molecule has 0 radical (unpaired) electrons. The van der Waals surface area contributed by atoms with Crippen molar-refractivity contribution in [1.82, 2.24) is 0 Å². The predicted octanol–water partition coefficient (Wildman–Crippen LogP) is -0.314. The van der Waals surface area contributed by atoms with E-state index in [1.165, 1.54) is 32.4 Å². The molecule has 1 heterocycles. The summed E-state index contributed by atoms with van der Waals surface area (Å²) in [7, 11) is -4.19. The second-order valence-corrected chi connectivity index (χ2v) is 5.62. The van der Waals surface area contributed by atoms with E-state index < -0.39 is 10.2 Å². The first-order valence-corrected chi connectivity index (χ1v) is 7.29. The standard InChI is InChI=1S/C11H22N.ClH3O4/c1-4-5-6-12-8-10(2)7-11(3)9-12;2-1(3,4)5/h8,10-11H,4-7,9H2,1-3H3;2-4H/q+1;. The van der Waals surface area contributed by atoms with Crippen LogP contribution in [0.2, 0.25) is 0 Å². The maximum absolute atomic E-state index is 8.83. The Morgan fingerprint density at radius 3 is 2.29 bits per heavy atom. The summed E-state index contributed by atoms with van der Waals surface area (Å²) < 4.78 is 32.7. The summed E-state index contributed by atoms with van der Waals surface area (Å²) in [5, 5.41) is 0. The first-order chi connectivity index (χ1) is 7.72. The van der Waals surface area contributed by atoms with Crippen LogP contribution in [0.4, 0.5) is 0 Å². The summed E-state index contributed by atoms with van der Waals surface area (Å²) >= 11 is 0. The zero-order valence-electron chi connectivity index (χ0n) is 10.8. The molecule has 0 bridgehead atoms. The van der Waals surface area contributed by atoms with Gasteiger partial charge >= 0.3 is 28.9 Å². The van der Waals surface area contributed by atoms with Crippen LogP contribution in [0.3, 0.4) is 0 Å². The van der Waals surface area contributed by atoms with Crippen molar-refractivity contribution in [3.63, 3.8) is 0 Å². The van der Waals surface area contributed by atoms with Gasteiger partial charge in [-0.2, -0.15) is 0 Å². The van der Waals surface area contributed by atoms with Gasteiger partial charge in [-0.15, -0.1) is 0 Å². The first-order valence-electron chi connectivity index (χ1n) is 5.97. The van der Waals surface area contributed by atoms with E-state index in [0.29, 0.717) is 0 Å². The van der Waals surface area contributed by atoms with Crippen LogP contribution in [0.15, 0.2) is 0 Å². The van der Waals surface area contributed by atoms with Gasteiger partial charge < -0.3 is 0 Å². The molecule has 1 aliphatic rings. The molecule has 104 valence electrons. The van der Waals surface area contributed by atoms with Crippen molar-refractivity contribution in [3.05, 3.63) is 0 Å². The molecule has 0 saturated carbocycles. The molecule has 0 aromatic heterocycles. The monoisotopic (exact) mass is 270 g/mol. The van der Waals surface area contributed by atoms with Crippen LogP contribution in [-0.4, -0.2) is 37.9 Å². The van der Waals surface area contributed by atoms with Crippen LogP contribution in [0.25, 0.3) is 0 Å². The van der Waals surface area contributed by atoms with E-state index in [1.807, 2.05) is 0 Å². The van der Waals surface area contributed by atoms with Gasteiger partial charge in [0.1, 0.15) is 19.3 Å². The van der Waals surface area contributed by atoms with Crippen molar-refractivity contribution >= 4 is 6.21 Å². The fourth-order valence-electron chi connectivity index (χ4n) is 2.12. The van der Waals surface area contributed by atoms with Gasteiger partial charge in [-0.05, 0) is 6.42 Å². The quantitative estimate of drug-likeness (QED) is 0.614. The Morgan fingerprint density at radius 1 is 1.35 bits per heavy atom. The Balaban J connectivity index is 0.000000437. The van der Waals surface area contributed by atoms with Gasteiger partial charge in [-0.1, -0.05) is 27.2 Å². The molecule has 2 unspecified atom stereocenters. The molecule has 0 spiro atoms. The van der Waals surface area contributed by atoms with Gasteiger partial charge in [-0.3, -0.25) is 0 Å². The Kier molecular flexibility index (Phi) is 7.91. The number of unbranched alkanes of at least 4 members (excludes halogenated alkanes) is 1. The van der Waals surface area contributed by atoms with Crippen LogP contribution in [0, 0.1) is 22.1 Å². The molecule has 0 fully saturated rings. The van der Waals surface area contributed by atoms with Crippen LogP contribution in [0.5, 0.6) is 0 Å². The number of nitrogens with zero attached hydrogens (tertiary/aromatic N) is 1. The van der Waals surface area contributed by atoms with Crippen molar-refractivity contribution in [2.24, 2.45) is 11.8 Å². The molecule has 1 aliphatic heterocycles. The molecule has 0 aromatic carbocycles. The Labute approximate surface area is 105 Å². The van der Waals surface area contributed by atoms with Gasteiger partial charge in [0.2, 0.25) is 0 Å². The van der Waals surface area contributed by atoms with E-state index >= 15 is 0 Å². The van der Waals surface area contributed by atoms with E-state index in [-0.39, 0.29) is 0 Å². The second-order valence-electron chi connectivity index (χ2n) is 4.75. The van der Waals surface area contributed by atoms with Crippen molar-refractivity contribution in [3.8, 4) is 0 Å². The minimum absolute atomic E-state index is 0.797. The number of hydrogen-bond acceptors (Lipinski definition) is 4. The van der Waals surface area contributed by atoms with E-state index in [2.05, 4.69) is 31.6 Å². The van der Waals surface area contributed by atoms with Crippen molar-refractivity contribution in [1.29, 1.82) is 0 Å². The summed E-state index contributed by atoms with van der Waals surface area (Å²) in [6.45, 7) is 9.50. The van der Waals surface area contributed by atoms with E-state index in [0.717, 1.165) is 11.8 Å². The summed E-state index contributed by atoms with van der Waals surface area (Å²) in [4.78, 5) is 0. The Morgan fingerprint density at radius 2 is 1.88 bits per heavy atom. The molecule has 3 N–H and O–H groups in total. The van der Waals surface area contributed by atoms with Crippen LogP contribution >= 0.6 is 0 Å². The average Bonchev–Trinajstić information content (AvgIpc) is 2.10. The molecule has 17 heavy (non-hydrogen) atoms. The van der Waals surface area contributed by atoms with Crippen LogP contribution in [0.1, 0.15) is 40.0 Å². The Bertz CT molecular complexity index is 234. The average molecular weight is 271 g/mol. The topological polar surface area (TPSA) is 86.8 Å². The molecule has 2 atom stereocenters. The van der Waals surface area contributed by atoms with Gasteiger partial charge in [0.15, 0.2) is 0 Å². The molecular weight excluding hydrogens is 246 g/mol. The molecule has 6 heteroatoms. The third-order valence-electron chi connectivity index (χ3n) is 2.58. The number of rotatable bonds is 3. The molecule has 0 amide bonds. The zero-order chi connectivity index (χ0) is 13.5. The molecule has 0 aromatic rings.